The largest absolute Gasteiger partial charge is 0.379 e. The highest BCUT2D eigenvalue weighted by Crippen LogP contribution is 2.21. The topological polar surface area (TPSA) is 87.6 Å². The van der Waals surface area contributed by atoms with E-state index in [1.165, 1.54) is 0 Å². The predicted octanol–water partition coefficient (Wildman–Crippen LogP) is 1.41. The molecule has 0 saturated carbocycles. The lowest BCUT2D eigenvalue weighted by atomic mass is 9.87. The molecule has 1 aromatic rings. The lowest BCUT2D eigenvalue weighted by molar-refractivity contribution is -0.124. The third-order valence-electron chi connectivity index (χ3n) is 3.19. The van der Waals surface area contributed by atoms with Crippen LogP contribution in [-0.2, 0) is 19.8 Å². The van der Waals surface area contributed by atoms with Gasteiger partial charge in [0, 0.05) is 19.6 Å². The van der Waals surface area contributed by atoms with Crippen molar-refractivity contribution in [3.05, 3.63) is 35.9 Å². The van der Waals surface area contributed by atoms with Crippen LogP contribution < -0.4 is 11.5 Å². The summed E-state index contributed by atoms with van der Waals surface area (Å²) in [7, 11) is 0. The van der Waals surface area contributed by atoms with Crippen molar-refractivity contribution >= 4 is 5.91 Å². The van der Waals surface area contributed by atoms with E-state index in [1.807, 2.05) is 18.2 Å². The molecule has 1 aromatic carbocycles. The Morgan fingerprint density at radius 2 is 1.76 bits per heavy atom. The van der Waals surface area contributed by atoms with Crippen LogP contribution in [0.2, 0.25) is 0 Å². The van der Waals surface area contributed by atoms with E-state index in [0.717, 1.165) is 6.61 Å². The number of rotatable bonds is 10. The fourth-order valence-electron chi connectivity index (χ4n) is 1.92. The van der Waals surface area contributed by atoms with E-state index in [-0.39, 0.29) is 0 Å². The molecule has 21 heavy (non-hydrogen) atoms. The minimum atomic E-state index is -1.19. The third-order valence-corrected chi connectivity index (χ3v) is 3.19. The van der Waals surface area contributed by atoms with Gasteiger partial charge in [0.1, 0.15) is 5.54 Å². The van der Waals surface area contributed by atoms with Crippen LogP contribution in [0.3, 0.4) is 0 Å². The van der Waals surface area contributed by atoms with E-state index in [9.17, 15) is 4.79 Å². The van der Waals surface area contributed by atoms with Crippen molar-refractivity contribution in [3.8, 4) is 0 Å². The SMILES string of the molecule is CC(C)COCCOCCC(N)(C(N)=O)c1ccccc1. The first-order valence-corrected chi connectivity index (χ1v) is 7.26. The number of carbonyl (C=O) groups excluding carboxylic acids is 1. The van der Waals surface area contributed by atoms with E-state index < -0.39 is 11.4 Å². The van der Waals surface area contributed by atoms with Gasteiger partial charge in [-0.1, -0.05) is 44.2 Å². The summed E-state index contributed by atoms with van der Waals surface area (Å²) < 4.78 is 10.9. The van der Waals surface area contributed by atoms with Crippen LogP contribution in [0.4, 0.5) is 0 Å². The second kappa shape index (κ2) is 8.77. The van der Waals surface area contributed by atoms with Crippen molar-refractivity contribution in [1.82, 2.24) is 0 Å². The van der Waals surface area contributed by atoms with Gasteiger partial charge in [0.15, 0.2) is 0 Å². The van der Waals surface area contributed by atoms with E-state index in [1.54, 1.807) is 12.1 Å². The first-order chi connectivity index (χ1) is 9.97. The van der Waals surface area contributed by atoms with Gasteiger partial charge in [-0.3, -0.25) is 4.79 Å². The molecule has 1 unspecified atom stereocenters. The van der Waals surface area contributed by atoms with Crippen LogP contribution in [0.15, 0.2) is 30.3 Å². The highest BCUT2D eigenvalue weighted by atomic mass is 16.5. The number of amides is 1. The molecule has 0 aliphatic carbocycles. The Balaban J connectivity index is 2.38. The van der Waals surface area contributed by atoms with Crippen molar-refractivity contribution in [2.24, 2.45) is 17.4 Å². The predicted molar refractivity (Wildman–Crippen MR) is 82.6 cm³/mol. The van der Waals surface area contributed by atoms with Gasteiger partial charge in [-0.15, -0.1) is 0 Å². The van der Waals surface area contributed by atoms with Crippen molar-refractivity contribution < 1.29 is 14.3 Å². The molecule has 1 rings (SSSR count). The fraction of sp³-hybridized carbons (Fsp3) is 0.562. The molecular weight excluding hydrogens is 268 g/mol. The van der Waals surface area contributed by atoms with Gasteiger partial charge in [-0.2, -0.15) is 0 Å². The average molecular weight is 294 g/mol. The second-order valence-corrected chi connectivity index (χ2v) is 5.53. The van der Waals surface area contributed by atoms with Crippen molar-refractivity contribution in [2.45, 2.75) is 25.8 Å². The Bertz CT molecular complexity index is 423. The minimum absolute atomic E-state index is 0.344. The average Bonchev–Trinajstić information content (AvgIpc) is 2.46. The Kier molecular flexibility index (Phi) is 7.36. The quantitative estimate of drug-likeness (QED) is 0.639. The van der Waals surface area contributed by atoms with Crippen LogP contribution in [0.1, 0.15) is 25.8 Å². The zero-order chi connectivity index (χ0) is 15.7. The zero-order valence-corrected chi connectivity index (χ0v) is 12.9. The molecule has 0 bridgehead atoms. The van der Waals surface area contributed by atoms with Crippen LogP contribution in [0.5, 0.6) is 0 Å². The molecule has 1 atom stereocenters. The monoisotopic (exact) mass is 294 g/mol. The number of benzene rings is 1. The molecule has 0 fully saturated rings. The number of hydrogen-bond donors (Lipinski definition) is 2. The van der Waals surface area contributed by atoms with E-state index >= 15 is 0 Å². The Hall–Kier alpha value is -1.43. The first-order valence-electron chi connectivity index (χ1n) is 7.26. The summed E-state index contributed by atoms with van der Waals surface area (Å²) in [6, 6.07) is 9.14. The minimum Gasteiger partial charge on any atom is -0.379 e. The third kappa shape index (κ3) is 5.83. The van der Waals surface area contributed by atoms with E-state index in [4.69, 9.17) is 20.9 Å². The van der Waals surface area contributed by atoms with Gasteiger partial charge in [0.2, 0.25) is 5.91 Å². The Morgan fingerprint density at radius 1 is 1.14 bits per heavy atom. The molecule has 5 heteroatoms. The molecular formula is C16H26N2O3. The molecule has 0 spiro atoms. The first kappa shape index (κ1) is 17.6. The molecule has 1 amide bonds. The maximum atomic E-state index is 11.7. The molecule has 0 saturated heterocycles. The van der Waals surface area contributed by atoms with Gasteiger partial charge in [-0.05, 0) is 11.5 Å². The zero-order valence-electron chi connectivity index (χ0n) is 12.9. The van der Waals surface area contributed by atoms with Crippen LogP contribution in [-0.4, -0.2) is 32.3 Å². The van der Waals surface area contributed by atoms with Gasteiger partial charge < -0.3 is 20.9 Å². The number of ether oxygens (including phenoxy) is 2. The highest BCUT2D eigenvalue weighted by molar-refractivity contribution is 5.85. The molecule has 118 valence electrons. The Morgan fingerprint density at radius 3 is 2.33 bits per heavy atom. The summed E-state index contributed by atoms with van der Waals surface area (Å²) in [4.78, 5) is 11.7. The fourth-order valence-corrected chi connectivity index (χ4v) is 1.92. The number of carbonyl (C=O) groups is 1. The number of hydrogen-bond acceptors (Lipinski definition) is 4. The number of nitrogens with two attached hydrogens (primary N) is 2. The van der Waals surface area contributed by atoms with Crippen molar-refractivity contribution in [1.29, 1.82) is 0 Å². The summed E-state index contributed by atoms with van der Waals surface area (Å²) in [5.74, 6) is -0.0389. The molecule has 4 N–H and O–H groups in total. The second-order valence-electron chi connectivity index (χ2n) is 5.53. The maximum absolute atomic E-state index is 11.7. The smallest absolute Gasteiger partial charge is 0.242 e. The van der Waals surface area contributed by atoms with Gasteiger partial charge in [0.25, 0.3) is 0 Å². The van der Waals surface area contributed by atoms with Gasteiger partial charge >= 0.3 is 0 Å². The van der Waals surface area contributed by atoms with Crippen LogP contribution in [0, 0.1) is 5.92 Å². The standard InChI is InChI=1S/C16H26N2O3/c1-13(2)12-21-11-10-20-9-8-16(18,15(17)19)14-6-4-3-5-7-14/h3-7,13H,8-12,18H2,1-2H3,(H2,17,19). The molecule has 0 aliphatic heterocycles. The molecule has 0 aromatic heterocycles. The summed E-state index contributed by atoms with van der Waals surface area (Å²) in [6.07, 6.45) is 0.344. The van der Waals surface area contributed by atoms with Gasteiger partial charge in [-0.25, -0.2) is 0 Å². The summed E-state index contributed by atoms with van der Waals surface area (Å²) in [6.45, 7) is 6.29. The molecule has 0 radical (unpaired) electrons. The molecule has 0 heterocycles. The highest BCUT2D eigenvalue weighted by Gasteiger charge is 2.33. The van der Waals surface area contributed by atoms with Crippen molar-refractivity contribution in [3.63, 3.8) is 0 Å². The molecule has 5 nitrogen and oxygen atoms in total. The maximum Gasteiger partial charge on any atom is 0.242 e. The Labute approximate surface area is 126 Å². The summed E-state index contributed by atoms with van der Waals surface area (Å²) >= 11 is 0. The lowest BCUT2D eigenvalue weighted by Gasteiger charge is -2.26. The van der Waals surface area contributed by atoms with E-state index in [0.29, 0.717) is 37.7 Å². The van der Waals surface area contributed by atoms with Crippen molar-refractivity contribution in [2.75, 3.05) is 26.4 Å². The van der Waals surface area contributed by atoms with E-state index in [2.05, 4.69) is 13.8 Å². The molecule has 0 aliphatic rings. The van der Waals surface area contributed by atoms with Gasteiger partial charge in [0.05, 0.1) is 13.2 Å². The van der Waals surface area contributed by atoms with Crippen LogP contribution >= 0.6 is 0 Å². The normalized spacial score (nSPS) is 14.1. The summed E-state index contributed by atoms with van der Waals surface area (Å²) in [5, 5.41) is 0. The summed E-state index contributed by atoms with van der Waals surface area (Å²) in [5.41, 5.74) is 11.1. The van der Waals surface area contributed by atoms with Crippen LogP contribution in [0.25, 0.3) is 0 Å². The number of primary amides is 1. The lowest BCUT2D eigenvalue weighted by Crippen LogP contribution is -2.49.